The summed E-state index contributed by atoms with van der Waals surface area (Å²) in [6, 6.07) is 16.5. The largest absolute Gasteiger partial charge is 0.493 e. The molecule has 7 nitrogen and oxygen atoms in total. The van der Waals surface area contributed by atoms with Gasteiger partial charge >= 0.3 is 0 Å². The number of carbonyl (C=O) groups excluding carboxylic acids is 1. The Morgan fingerprint density at radius 2 is 1.93 bits per heavy atom. The van der Waals surface area contributed by atoms with Gasteiger partial charge in [-0.3, -0.25) is 4.79 Å². The van der Waals surface area contributed by atoms with Gasteiger partial charge in [0.2, 0.25) is 11.7 Å². The van der Waals surface area contributed by atoms with Crippen LogP contribution in [0.4, 0.5) is 5.69 Å². The molecule has 1 amide bonds. The topological polar surface area (TPSA) is 86.5 Å². The molecule has 2 heterocycles. The van der Waals surface area contributed by atoms with Crippen LogP contribution in [0.5, 0.6) is 11.5 Å². The lowest BCUT2D eigenvalue weighted by molar-refractivity contribution is 0.102. The quantitative estimate of drug-likeness (QED) is 0.467. The SMILES string of the molecule is COc1cccc(C(=O)Nc2ccccc2Cc2nc(-c3cccs3)no2)c1OC. The fourth-order valence-corrected chi connectivity index (χ4v) is 3.70. The molecule has 4 aromatic rings. The van der Waals surface area contributed by atoms with Gasteiger partial charge in [-0.1, -0.05) is 35.5 Å². The Hall–Kier alpha value is -3.65. The molecular weight excluding hydrogens is 402 g/mol. The number of ether oxygens (including phenoxy) is 2. The molecule has 0 unspecified atom stereocenters. The minimum atomic E-state index is -0.303. The van der Waals surface area contributed by atoms with E-state index in [1.54, 1.807) is 29.5 Å². The van der Waals surface area contributed by atoms with Gasteiger partial charge < -0.3 is 19.3 Å². The summed E-state index contributed by atoms with van der Waals surface area (Å²) < 4.78 is 16.1. The van der Waals surface area contributed by atoms with Crippen molar-refractivity contribution in [2.75, 3.05) is 19.5 Å². The number of thiophene rings is 1. The standard InChI is InChI=1S/C22H19N3O4S/c1-27-17-10-5-8-15(20(17)28-2)22(26)23-16-9-4-3-7-14(16)13-19-24-21(25-29-19)18-11-6-12-30-18/h3-12H,13H2,1-2H3,(H,23,26). The number of rotatable bonds is 7. The second-order valence-electron chi connectivity index (χ2n) is 6.32. The Morgan fingerprint density at radius 3 is 2.70 bits per heavy atom. The van der Waals surface area contributed by atoms with Crippen molar-refractivity contribution in [2.24, 2.45) is 0 Å². The highest BCUT2D eigenvalue weighted by molar-refractivity contribution is 7.13. The Kier molecular flexibility index (Phi) is 5.76. The number of aromatic nitrogens is 2. The average molecular weight is 421 g/mol. The van der Waals surface area contributed by atoms with Crippen molar-refractivity contribution in [1.29, 1.82) is 0 Å². The predicted octanol–water partition coefficient (Wildman–Crippen LogP) is 4.66. The lowest BCUT2D eigenvalue weighted by Gasteiger charge is -2.14. The van der Waals surface area contributed by atoms with Crippen molar-refractivity contribution in [1.82, 2.24) is 10.1 Å². The molecule has 4 rings (SSSR count). The van der Waals surface area contributed by atoms with Gasteiger partial charge in [-0.2, -0.15) is 4.98 Å². The fraction of sp³-hybridized carbons (Fsp3) is 0.136. The highest BCUT2D eigenvalue weighted by Crippen LogP contribution is 2.31. The van der Waals surface area contributed by atoms with Gasteiger partial charge in [-0.05, 0) is 35.2 Å². The monoisotopic (exact) mass is 421 g/mol. The summed E-state index contributed by atoms with van der Waals surface area (Å²) in [5.41, 5.74) is 1.89. The van der Waals surface area contributed by atoms with Crippen molar-refractivity contribution < 1.29 is 18.8 Å². The summed E-state index contributed by atoms with van der Waals surface area (Å²) in [6.07, 6.45) is 0.393. The Balaban J connectivity index is 1.56. The zero-order valence-corrected chi connectivity index (χ0v) is 17.2. The zero-order chi connectivity index (χ0) is 20.9. The third-order valence-electron chi connectivity index (χ3n) is 4.46. The first-order valence-corrected chi connectivity index (χ1v) is 10.0. The van der Waals surface area contributed by atoms with E-state index in [2.05, 4.69) is 15.5 Å². The maximum absolute atomic E-state index is 12.9. The molecule has 152 valence electrons. The lowest BCUT2D eigenvalue weighted by atomic mass is 10.1. The first-order chi connectivity index (χ1) is 14.7. The summed E-state index contributed by atoms with van der Waals surface area (Å²) in [4.78, 5) is 18.3. The highest BCUT2D eigenvalue weighted by Gasteiger charge is 2.18. The second kappa shape index (κ2) is 8.79. The first kappa shape index (κ1) is 19.7. The molecule has 0 aliphatic rings. The Labute approximate surface area is 177 Å². The van der Waals surface area contributed by atoms with Gasteiger partial charge in [0.25, 0.3) is 5.91 Å². The molecule has 1 N–H and O–H groups in total. The Bertz CT molecular complexity index is 1150. The van der Waals surface area contributed by atoms with E-state index in [0.717, 1.165) is 10.4 Å². The van der Waals surface area contributed by atoms with Crippen LogP contribution in [0.1, 0.15) is 21.8 Å². The third-order valence-corrected chi connectivity index (χ3v) is 5.33. The maximum Gasteiger partial charge on any atom is 0.259 e. The molecule has 30 heavy (non-hydrogen) atoms. The van der Waals surface area contributed by atoms with E-state index in [4.69, 9.17) is 14.0 Å². The molecule has 0 fully saturated rings. The van der Waals surface area contributed by atoms with E-state index >= 15 is 0 Å². The minimum Gasteiger partial charge on any atom is -0.493 e. The number of nitrogens with zero attached hydrogens (tertiary/aromatic N) is 2. The van der Waals surface area contributed by atoms with E-state index in [1.165, 1.54) is 14.2 Å². The predicted molar refractivity (Wildman–Crippen MR) is 114 cm³/mol. The molecule has 2 aromatic carbocycles. The van der Waals surface area contributed by atoms with Crippen LogP contribution in [-0.4, -0.2) is 30.3 Å². The van der Waals surface area contributed by atoms with Gasteiger partial charge in [0.15, 0.2) is 11.5 Å². The molecule has 0 saturated heterocycles. The van der Waals surface area contributed by atoms with Crippen LogP contribution in [-0.2, 0) is 6.42 Å². The number of carbonyl (C=O) groups is 1. The molecule has 0 spiro atoms. The molecule has 0 atom stereocenters. The maximum atomic E-state index is 12.9. The summed E-state index contributed by atoms with van der Waals surface area (Å²) in [7, 11) is 3.03. The first-order valence-electron chi connectivity index (χ1n) is 9.16. The lowest BCUT2D eigenvalue weighted by Crippen LogP contribution is -2.15. The van der Waals surface area contributed by atoms with Crippen molar-refractivity contribution in [3.8, 4) is 22.2 Å². The molecular formula is C22H19N3O4S. The van der Waals surface area contributed by atoms with E-state index in [9.17, 15) is 4.79 Å². The van der Waals surface area contributed by atoms with Crippen LogP contribution < -0.4 is 14.8 Å². The normalized spacial score (nSPS) is 10.6. The van der Waals surface area contributed by atoms with Gasteiger partial charge in [0.1, 0.15) is 0 Å². The molecule has 0 aliphatic carbocycles. The summed E-state index contributed by atoms with van der Waals surface area (Å²) >= 11 is 1.55. The molecule has 0 saturated carbocycles. The number of nitrogens with one attached hydrogen (secondary N) is 1. The number of methoxy groups -OCH3 is 2. The summed E-state index contributed by atoms with van der Waals surface area (Å²) in [5.74, 6) is 1.60. The number of anilines is 1. The molecule has 0 radical (unpaired) electrons. The van der Waals surface area contributed by atoms with E-state index < -0.39 is 0 Å². The number of hydrogen-bond donors (Lipinski definition) is 1. The van der Waals surface area contributed by atoms with Gasteiger partial charge in [0, 0.05) is 5.69 Å². The van der Waals surface area contributed by atoms with Gasteiger partial charge in [-0.15, -0.1) is 11.3 Å². The smallest absolute Gasteiger partial charge is 0.259 e. The second-order valence-corrected chi connectivity index (χ2v) is 7.27. The van der Waals surface area contributed by atoms with E-state index in [0.29, 0.717) is 40.9 Å². The van der Waals surface area contributed by atoms with Crippen LogP contribution in [0, 0.1) is 0 Å². The van der Waals surface area contributed by atoms with Gasteiger partial charge in [0.05, 0.1) is 31.1 Å². The van der Waals surface area contributed by atoms with Crippen LogP contribution in [0.25, 0.3) is 10.7 Å². The molecule has 2 aromatic heterocycles. The van der Waals surface area contributed by atoms with Crippen molar-refractivity contribution >= 4 is 22.9 Å². The van der Waals surface area contributed by atoms with E-state index in [-0.39, 0.29) is 5.91 Å². The summed E-state index contributed by atoms with van der Waals surface area (Å²) in [5, 5.41) is 8.95. The number of benzene rings is 2. The molecule has 0 aliphatic heterocycles. The Morgan fingerprint density at radius 1 is 1.07 bits per heavy atom. The molecule has 0 bridgehead atoms. The highest BCUT2D eigenvalue weighted by atomic mass is 32.1. The van der Waals surface area contributed by atoms with E-state index in [1.807, 2.05) is 41.8 Å². The number of para-hydroxylation sites is 2. The van der Waals surface area contributed by atoms with Gasteiger partial charge in [-0.25, -0.2) is 0 Å². The number of amides is 1. The third kappa shape index (κ3) is 4.04. The van der Waals surface area contributed by atoms with Crippen molar-refractivity contribution in [3.05, 3.63) is 77.0 Å². The number of hydrogen-bond acceptors (Lipinski definition) is 7. The minimum absolute atomic E-state index is 0.303. The zero-order valence-electron chi connectivity index (χ0n) is 16.4. The van der Waals surface area contributed by atoms with Crippen molar-refractivity contribution in [3.63, 3.8) is 0 Å². The summed E-state index contributed by atoms with van der Waals surface area (Å²) in [6.45, 7) is 0. The fourth-order valence-electron chi connectivity index (χ4n) is 3.05. The van der Waals surface area contributed by atoms with Crippen LogP contribution >= 0.6 is 11.3 Å². The van der Waals surface area contributed by atoms with Crippen LogP contribution in [0.2, 0.25) is 0 Å². The van der Waals surface area contributed by atoms with Crippen LogP contribution in [0.3, 0.4) is 0 Å². The van der Waals surface area contributed by atoms with Crippen LogP contribution in [0.15, 0.2) is 64.5 Å². The van der Waals surface area contributed by atoms with Crippen molar-refractivity contribution in [2.45, 2.75) is 6.42 Å². The average Bonchev–Trinajstić information content (AvgIpc) is 3.46. The molecule has 8 heteroatoms.